The van der Waals surface area contributed by atoms with Crippen molar-refractivity contribution in [3.63, 3.8) is 0 Å². The summed E-state index contributed by atoms with van der Waals surface area (Å²) >= 11 is 0. The lowest BCUT2D eigenvalue weighted by Gasteiger charge is -2.41. The molecule has 0 spiro atoms. The van der Waals surface area contributed by atoms with Crippen molar-refractivity contribution >= 4 is 35.9 Å². The van der Waals surface area contributed by atoms with Crippen LogP contribution in [0.5, 0.6) is 0 Å². The normalized spacial score (nSPS) is 46.1. The number of rotatable bonds is 2. The van der Waals surface area contributed by atoms with Gasteiger partial charge in [-0.15, -0.1) is 0 Å². The van der Waals surface area contributed by atoms with Crippen LogP contribution in [0.4, 0.5) is 0 Å². The molecule has 96 valence electrons. The van der Waals surface area contributed by atoms with Crippen molar-refractivity contribution < 1.29 is 16.5 Å². The van der Waals surface area contributed by atoms with Crippen LogP contribution in [0, 0.1) is 0 Å². The van der Waals surface area contributed by atoms with E-state index in [0.717, 1.165) is 6.04 Å². The highest BCUT2D eigenvalue weighted by molar-refractivity contribution is 6.85. The molecule has 0 aliphatic carbocycles. The minimum absolute atomic E-state index is 0.928. The fraction of sp³-hybridized carbons (Fsp3) is 1.00. The summed E-state index contributed by atoms with van der Waals surface area (Å²) in [5.74, 6) is 0. The van der Waals surface area contributed by atoms with E-state index in [9.17, 15) is 0 Å². The third kappa shape index (κ3) is 3.85. The first-order valence-electron chi connectivity index (χ1n) is 5.72. The Balaban J connectivity index is 2.85. The van der Waals surface area contributed by atoms with Crippen molar-refractivity contribution in [2.75, 3.05) is 7.05 Å². The summed E-state index contributed by atoms with van der Waals surface area (Å²) in [4.78, 5) is 3.20. The van der Waals surface area contributed by atoms with Crippen molar-refractivity contribution in [1.82, 2.24) is 4.98 Å². The molecule has 9 heteroatoms. The number of hydrogen-bond acceptors (Lipinski definition) is 5. The van der Waals surface area contributed by atoms with Crippen LogP contribution in [-0.2, 0) is 16.5 Å². The van der Waals surface area contributed by atoms with Crippen LogP contribution in [0.1, 0.15) is 6.92 Å². The van der Waals surface area contributed by atoms with E-state index in [1.807, 2.05) is 20.1 Å². The van der Waals surface area contributed by atoms with E-state index in [4.69, 9.17) is 16.5 Å². The van der Waals surface area contributed by atoms with E-state index in [1.165, 1.54) is 0 Å². The van der Waals surface area contributed by atoms with Crippen molar-refractivity contribution in [3.05, 3.63) is 0 Å². The highest BCUT2D eigenvalue weighted by atomic mass is 28.5. The van der Waals surface area contributed by atoms with Crippen molar-refractivity contribution in [2.24, 2.45) is 0 Å². The molecule has 1 saturated heterocycles. The smallest absolute Gasteiger partial charge is 0.403 e. The molecule has 0 radical (unpaired) electrons. The molecular formula is C7H23NO4Si4. The van der Waals surface area contributed by atoms with E-state index < -0.39 is 35.9 Å². The van der Waals surface area contributed by atoms with E-state index in [0.29, 0.717) is 0 Å². The second-order valence-electron chi connectivity index (χ2n) is 4.29. The van der Waals surface area contributed by atoms with Gasteiger partial charge in [-0.05, 0) is 39.3 Å². The van der Waals surface area contributed by atoms with Crippen LogP contribution in [-0.4, -0.2) is 42.9 Å². The molecule has 4 atom stereocenters. The topological polar surface area (TPSA) is 49.0 Å². The van der Waals surface area contributed by atoms with Crippen molar-refractivity contribution in [3.8, 4) is 0 Å². The van der Waals surface area contributed by atoms with Crippen molar-refractivity contribution in [2.45, 2.75) is 39.2 Å². The van der Waals surface area contributed by atoms with E-state index in [-0.39, 0.29) is 0 Å². The lowest BCUT2D eigenvalue weighted by atomic mass is 11.0. The molecule has 1 heterocycles. The predicted octanol–water partition coefficient (Wildman–Crippen LogP) is 0.647. The number of nitrogens with one attached hydrogen (secondary N) is 1. The zero-order valence-corrected chi connectivity index (χ0v) is 15.3. The molecular weight excluding hydrogens is 274 g/mol. The van der Waals surface area contributed by atoms with E-state index >= 15 is 0 Å². The van der Waals surface area contributed by atoms with Crippen molar-refractivity contribution in [1.29, 1.82) is 0 Å². The third-order valence-corrected chi connectivity index (χ3v) is 17.7. The third-order valence-electron chi connectivity index (χ3n) is 2.70. The second kappa shape index (κ2) is 5.54. The SMILES string of the molecule is CC[Si]1(C)O[SiH](C)O[SiH](C)O[Si](C)(NC)O1. The Labute approximate surface area is 104 Å². The molecule has 0 aromatic heterocycles. The van der Waals surface area contributed by atoms with Gasteiger partial charge in [0.1, 0.15) is 0 Å². The molecule has 1 rings (SSSR count). The Morgan fingerprint density at radius 3 is 2.19 bits per heavy atom. The van der Waals surface area contributed by atoms with Crippen LogP contribution >= 0.6 is 0 Å². The van der Waals surface area contributed by atoms with Crippen LogP contribution in [0.15, 0.2) is 0 Å². The predicted molar refractivity (Wildman–Crippen MR) is 73.1 cm³/mol. The van der Waals surface area contributed by atoms with Crippen LogP contribution in [0.3, 0.4) is 0 Å². The summed E-state index contributed by atoms with van der Waals surface area (Å²) in [6.45, 7) is 10.3. The lowest BCUT2D eigenvalue weighted by molar-refractivity contribution is 0.250. The molecule has 0 aromatic carbocycles. The average molecular weight is 298 g/mol. The Morgan fingerprint density at radius 1 is 1.12 bits per heavy atom. The summed E-state index contributed by atoms with van der Waals surface area (Å²) in [7, 11) is -5.69. The van der Waals surface area contributed by atoms with Gasteiger partial charge in [0.05, 0.1) is 0 Å². The van der Waals surface area contributed by atoms with Gasteiger partial charge in [0.25, 0.3) is 9.28 Å². The Bertz CT molecular complexity index is 226. The van der Waals surface area contributed by atoms with Crippen LogP contribution < -0.4 is 4.98 Å². The molecule has 0 bridgehead atoms. The van der Waals surface area contributed by atoms with Gasteiger partial charge in [0.2, 0.25) is 0 Å². The highest BCUT2D eigenvalue weighted by Gasteiger charge is 2.46. The zero-order valence-electron chi connectivity index (χ0n) is 11.0. The maximum atomic E-state index is 6.22. The van der Waals surface area contributed by atoms with Gasteiger partial charge in [-0.3, -0.25) is 4.98 Å². The summed E-state index contributed by atoms with van der Waals surface area (Å²) in [5.41, 5.74) is 0. The maximum Gasteiger partial charge on any atom is 0.403 e. The molecule has 0 amide bonds. The quantitative estimate of drug-likeness (QED) is 0.758. The average Bonchev–Trinajstić information content (AvgIpc) is 2.14. The Morgan fingerprint density at radius 2 is 1.69 bits per heavy atom. The Kier molecular flexibility index (Phi) is 5.10. The summed E-state index contributed by atoms with van der Waals surface area (Å²) in [6, 6.07) is 0.928. The first kappa shape index (κ1) is 14.7. The largest absolute Gasteiger partial charge is 0.420 e. The molecule has 0 saturated carbocycles. The molecule has 4 unspecified atom stereocenters. The molecule has 16 heavy (non-hydrogen) atoms. The Hall–Kier alpha value is 0.668. The fourth-order valence-corrected chi connectivity index (χ4v) is 17.3. The van der Waals surface area contributed by atoms with E-state index in [2.05, 4.69) is 25.0 Å². The maximum absolute atomic E-state index is 6.22. The summed E-state index contributed by atoms with van der Waals surface area (Å²) < 4.78 is 24.2. The second-order valence-corrected chi connectivity index (χ2v) is 15.7. The summed E-state index contributed by atoms with van der Waals surface area (Å²) in [5, 5.41) is 0. The van der Waals surface area contributed by atoms with Gasteiger partial charge >= 0.3 is 26.6 Å². The standard InChI is InChI=1S/C7H23NO4Si4/c1-7-15(5)10-13(3)9-14(4)11-16(6,8-2)12-15/h8,13-14H,7H2,1-6H3. The van der Waals surface area contributed by atoms with Gasteiger partial charge in [-0.1, -0.05) is 6.92 Å². The monoisotopic (exact) mass is 297 g/mol. The van der Waals surface area contributed by atoms with Gasteiger partial charge < -0.3 is 16.5 Å². The van der Waals surface area contributed by atoms with Crippen LogP contribution in [0.25, 0.3) is 0 Å². The zero-order chi connectivity index (χ0) is 12.4. The van der Waals surface area contributed by atoms with E-state index in [1.54, 1.807) is 0 Å². The molecule has 1 fully saturated rings. The molecule has 1 aliphatic heterocycles. The molecule has 5 nitrogen and oxygen atoms in total. The fourth-order valence-electron chi connectivity index (χ4n) is 1.72. The lowest BCUT2D eigenvalue weighted by Crippen LogP contribution is -2.64. The van der Waals surface area contributed by atoms with Crippen LogP contribution in [0.2, 0.25) is 32.2 Å². The van der Waals surface area contributed by atoms with Gasteiger partial charge in [0, 0.05) is 0 Å². The minimum Gasteiger partial charge on any atom is -0.420 e. The highest BCUT2D eigenvalue weighted by Crippen LogP contribution is 2.23. The first-order valence-corrected chi connectivity index (χ1v) is 14.8. The molecule has 1 N–H and O–H groups in total. The molecule has 1 aliphatic rings. The summed E-state index contributed by atoms with van der Waals surface area (Å²) in [6.07, 6.45) is 0. The van der Waals surface area contributed by atoms with Gasteiger partial charge in [0.15, 0.2) is 0 Å². The number of hydrogen-bond donors (Lipinski definition) is 1. The minimum atomic E-state index is -2.30. The molecule has 0 aromatic rings. The first-order chi connectivity index (χ1) is 7.32. The van der Waals surface area contributed by atoms with Gasteiger partial charge in [-0.2, -0.15) is 0 Å². The van der Waals surface area contributed by atoms with Gasteiger partial charge in [-0.25, -0.2) is 0 Å².